The Balaban J connectivity index is 1.78. The van der Waals surface area contributed by atoms with Crippen molar-refractivity contribution in [3.63, 3.8) is 0 Å². The first kappa shape index (κ1) is 13.2. The number of carbonyl (C=O) groups is 1. The van der Waals surface area contributed by atoms with Crippen molar-refractivity contribution in [2.75, 3.05) is 39.5 Å². The predicted octanol–water partition coefficient (Wildman–Crippen LogP) is -0.126. The second-order valence-electron chi connectivity index (χ2n) is 4.29. The Morgan fingerprint density at radius 3 is 2.83 bits per heavy atom. The quantitative estimate of drug-likeness (QED) is 0.760. The van der Waals surface area contributed by atoms with Crippen molar-refractivity contribution in [3.8, 4) is 0 Å². The molecule has 0 atom stereocenters. The Hall–Kier alpha value is -1.27. The van der Waals surface area contributed by atoms with E-state index in [1.165, 1.54) is 6.26 Å². The molecule has 2 heterocycles. The average Bonchev–Trinajstić information content (AvgIpc) is 2.46. The molecule has 18 heavy (non-hydrogen) atoms. The summed E-state index contributed by atoms with van der Waals surface area (Å²) in [6.45, 7) is 2.62. The zero-order valence-corrected chi connectivity index (χ0v) is 10.3. The highest BCUT2D eigenvalue weighted by Crippen LogP contribution is 2.17. The fourth-order valence-electron chi connectivity index (χ4n) is 2.08. The number of nitrogens with zero attached hydrogens (tertiary/aromatic N) is 1. The largest absolute Gasteiger partial charge is 0.494 e. The highest BCUT2D eigenvalue weighted by atomic mass is 16.6. The standard InChI is InChI=1S/C12H19NO5/c14-5-6-17-10-1-3-13(4-2-10)12(15)11-9-16-7-8-18-11/h9-10,14H,1-8H2. The maximum Gasteiger partial charge on any atom is 0.292 e. The van der Waals surface area contributed by atoms with Crippen LogP contribution < -0.4 is 0 Å². The molecule has 0 unspecified atom stereocenters. The minimum absolute atomic E-state index is 0.0389. The van der Waals surface area contributed by atoms with E-state index in [9.17, 15) is 4.79 Å². The van der Waals surface area contributed by atoms with Crippen molar-refractivity contribution in [2.24, 2.45) is 0 Å². The first-order chi connectivity index (χ1) is 8.81. The molecule has 1 amide bonds. The van der Waals surface area contributed by atoms with Crippen LogP contribution in [0, 0.1) is 0 Å². The molecule has 2 rings (SSSR count). The van der Waals surface area contributed by atoms with Crippen LogP contribution >= 0.6 is 0 Å². The second-order valence-corrected chi connectivity index (χ2v) is 4.29. The summed E-state index contributed by atoms with van der Waals surface area (Å²) in [6.07, 6.45) is 3.11. The van der Waals surface area contributed by atoms with E-state index in [1.807, 2.05) is 0 Å². The molecule has 6 heteroatoms. The SMILES string of the molecule is O=C(C1=COCCO1)N1CCC(OCCO)CC1. The van der Waals surface area contributed by atoms with Crippen molar-refractivity contribution in [3.05, 3.63) is 12.0 Å². The molecule has 1 saturated heterocycles. The smallest absolute Gasteiger partial charge is 0.292 e. The minimum atomic E-state index is -0.115. The van der Waals surface area contributed by atoms with Gasteiger partial charge < -0.3 is 24.2 Å². The van der Waals surface area contributed by atoms with E-state index in [2.05, 4.69) is 0 Å². The van der Waals surface area contributed by atoms with E-state index in [0.717, 1.165) is 12.8 Å². The van der Waals surface area contributed by atoms with Crippen molar-refractivity contribution in [1.29, 1.82) is 0 Å². The van der Waals surface area contributed by atoms with Crippen LogP contribution in [0.3, 0.4) is 0 Å². The lowest BCUT2D eigenvalue weighted by Crippen LogP contribution is -2.42. The highest BCUT2D eigenvalue weighted by Gasteiger charge is 2.27. The normalized spacial score (nSPS) is 20.9. The van der Waals surface area contributed by atoms with Gasteiger partial charge in [-0.3, -0.25) is 4.79 Å². The fourth-order valence-corrected chi connectivity index (χ4v) is 2.08. The fraction of sp³-hybridized carbons (Fsp3) is 0.750. The van der Waals surface area contributed by atoms with Crippen LogP contribution in [0.15, 0.2) is 12.0 Å². The van der Waals surface area contributed by atoms with Crippen molar-refractivity contribution >= 4 is 5.91 Å². The lowest BCUT2D eigenvalue weighted by atomic mass is 10.1. The van der Waals surface area contributed by atoms with E-state index in [4.69, 9.17) is 19.3 Å². The number of piperidine rings is 1. The number of aliphatic hydroxyl groups is 1. The predicted molar refractivity (Wildman–Crippen MR) is 62.6 cm³/mol. The monoisotopic (exact) mass is 257 g/mol. The minimum Gasteiger partial charge on any atom is -0.494 e. The van der Waals surface area contributed by atoms with Gasteiger partial charge in [-0.2, -0.15) is 0 Å². The molecular formula is C12H19NO5. The molecule has 0 bridgehead atoms. The number of hydrogen-bond acceptors (Lipinski definition) is 5. The van der Waals surface area contributed by atoms with Gasteiger partial charge in [0.25, 0.3) is 5.91 Å². The van der Waals surface area contributed by atoms with Crippen LogP contribution in [-0.2, 0) is 19.0 Å². The maximum absolute atomic E-state index is 12.0. The molecule has 0 aromatic rings. The molecule has 0 radical (unpaired) electrons. The Morgan fingerprint density at radius 2 is 2.22 bits per heavy atom. The summed E-state index contributed by atoms with van der Waals surface area (Å²) in [5, 5.41) is 8.68. The molecule has 2 aliphatic heterocycles. The average molecular weight is 257 g/mol. The molecular weight excluding hydrogens is 238 g/mol. The van der Waals surface area contributed by atoms with Gasteiger partial charge >= 0.3 is 0 Å². The molecule has 0 saturated carbocycles. The van der Waals surface area contributed by atoms with Crippen molar-refractivity contribution < 1.29 is 24.1 Å². The maximum atomic E-state index is 12.0. The van der Waals surface area contributed by atoms with Crippen LogP contribution in [0.2, 0.25) is 0 Å². The Labute approximate surface area is 106 Å². The van der Waals surface area contributed by atoms with E-state index in [-0.39, 0.29) is 24.4 Å². The second kappa shape index (κ2) is 6.61. The summed E-state index contributed by atoms with van der Waals surface area (Å²) < 4.78 is 15.8. The van der Waals surface area contributed by atoms with Gasteiger partial charge in [0.2, 0.25) is 5.76 Å². The summed E-state index contributed by atoms with van der Waals surface area (Å²) in [7, 11) is 0. The van der Waals surface area contributed by atoms with Crippen LogP contribution in [0.1, 0.15) is 12.8 Å². The molecule has 2 aliphatic rings. The zero-order chi connectivity index (χ0) is 12.8. The lowest BCUT2D eigenvalue weighted by Gasteiger charge is -2.32. The number of likely N-dealkylation sites (tertiary alicyclic amines) is 1. The number of amides is 1. The molecule has 0 aromatic carbocycles. The van der Waals surface area contributed by atoms with E-state index >= 15 is 0 Å². The van der Waals surface area contributed by atoms with Gasteiger partial charge in [-0.15, -0.1) is 0 Å². The molecule has 6 nitrogen and oxygen atoms in total. The third-order valence-corrected chi connectivity index (χ3v) is 3.03. The lowest BCUT2D eigenvalue weighted by molar-refractivity contribution is -0.135. The third kappa shape index (κ3) is 3.36. The highest BCUT2D eigenvalue weighted by molar-refractivity contribution is 5.91. The summed E-state index contributed by atoms with van der Waals surface area (Å²) in [6, 6.07) is 0. The molecule has 1 N–H and O–H groups in total. The van der Waals surface area contributed by atoms with Gasteiger partial charge in [0.05, 0.1) is 19.3 Å². The van der Waals surface area contributed by atoms with Gasteiger partial charge in [0, 0.05) is 13.1 Å². The van der Waals surface area contributed by atoms with Crippen LogP contribution in [-0.4, -0.2) is 61.5 Å². The molecule has 0 spiro atoms. The number of hydrogen-bond donors (Lipinski definition) is 1. The van der Waals surface area contributed by atoms with Crippen LogP contribution in [0.25, 0.3) is 0 Å². The first-order valence-corrected chi connectivity index (χ1v) is 6.27. The Morgan fingerprint density at radius 1 is 1.44 bits per heavy atom. The summed E-state index contributed by atoms with van der Waals surface area (Å²) in [5.41, 5.74) is 0. The Kier molecular flexibility index (Phi) is 4.83. The third-order valence-electron chi connectivity index (χ3n) is 3.03. The molecule has 1 fully saturated rings. The number of rotatable bonds is 4. The number of aliphatic hydroxyl groups excluding tert-OH is 1. The first-order valence-electron chi connectivity index (χ1n) is 6.27. The van der Waals surface area contributed by atoms with Gasteiger partial charge in [-0.05, 0) is 12.8 Å². The van der Waals surface area contributed by atoms with Gasteiger partial charge in [0.1, 0.15) is 19.5 Å². The van der Waals surface area contributed by atoms with Gasteiger partial charge in [-0.1, -0.05) is 0 Å². The number of ether oxygens (including phenoxy) is 3. The summed E-state index contributed by atoms with van der Waals surface area (Å²) in [5.74, 6) is 0.172. The van der Waals surface area contributed by atoms with Gasteiger partial charge in [0.15, 0.2) is 0 Å². The van der Waals surface area contributed by atoms with Crippen molar-refractivity contribution in [1.82, 2.24) is 4.90 Å². The van der Waals surface area contributed by atoms with E-state index < -0.39 is 0 Å². The molecule has 0 aliphatic carbocycles. The Bertz CT molecular complexity index is 310. The summed E-state index contributed by atoms with van der Waals surface area (Å²) >= 11 is 0. The van der Waals surface area contributed by atoms with E-state index in [1.54, 1.807) is 4.90 Å². The zero-order valence-electron chi connectivity index (χ0n) is 10.3. The summed E-state index contributed by atoms with van der Waals surface area (Å²) in [4.78, 5) is 13.8. The van der Waals surface area contributed by atoms with E-state index in [0.29, 0.717) is 32.9 Å². The topological polar surface area (TPSA) is 68.2 Å². The molecule has 0 aromatic heterocycles. The van der Waals surface area contributed by atoms with Crippen LogP contribution in [0.5, 0.6) is 0 Å². The van der Waals surface area contributed by atoms with Crippen molar-refractivity contribution in [2.45, 2.75) is 18.9 Å². The van der Waals surface area contributed by atoms with Crippen LogP contribution in [0.4, 0.5) is 0 Å². The van der Waals surface area contributed by atoms with Gasteiger partial charge in [-0.25, -0.2) is 0 Å². The molecule has 102 valence electrons. The number of carbonyl (C=O) groups excluding carboxylic acids is 1.